The maximum absolute atomic E-state index is 14.8. The summed E-state index contributed by atoms with van der Waals surface area (Å²) in [6.07, 6.45) is 0. The largest absolute Gasteiger partial charge is 0.300 e. The minimum absolute atomic E-state index is 0.0873. The van der Waals surface area contributed by atoms with Gasteiger partial charge < -0.3 is 0 Å². The zero-order valence-corrected chi connectivity index (χ0v) is 17.3. The first kappa shape index (κ1) is 22.4. The van der Waals surface area contributed by atoms with Crippen LogP contribution < -0.4 is 0 Å². The number of rotatable bonds is 4. The van der Waals surface area contributed by atoms with Gasteiger partial charge in [0.2, 0.25) is 0 Å². The molecule has 0 radical (unpaired) electrons. The molecule has 7 heteroatoms. The van der Waals surface area contributed by atoms with E-state index in [1.807, 2.05) is 0 Å². The molecule has 0 aliphatic rings. The lowest BCUT2D eigenvalue weighted by Gasteiger charge is -2.11. The monoisotopic (exact) mass is 455 g/mol. The highest BCUT2D eigenvalue weighted by atomic mass is 19.1. The molecule has 0 bridgehead atoms. The highest BCUT2D eigenvalue weighted by molar-refractivity contribution is 6.11. The first-order valence-electron chi connectivity index (χ1n) is 9.91. The quantitative estimate of drug-likeness (QED) is 0.274. The van der Waals surface area contributed by atoms with Crippen LogP contribution in [0.5, 0.6) is 0 Å². The van der Waals surface area contributed by atoms with Crippen LogP contribution in [0.3, 0.4) is 0 Å². The minimum atomic E-state index is -0.770. The SMILES string of the molecule is N#Cc1ccc(-c2ccc(C(=N)c3ccc(-c4ccc(C#N)c(F)c4)c(F)c3)cc2F)cc1F. The zero-order chi connectivity index (χ0) is 24.4. The summed E-state index contributed by atoms with van der Waals surface area (Å²) in [6.45, 7) is 0. The van der Waals surface area contributed by atoms with Gasteiger partial charge in [0, 0.05) is 22.3 Å². The standard InChI is InChI=1S/C27H13F4N3/c28-23-9-15(1-3-19(23)13-32)21-7-5-17(11-25(21)30)27(34)18-6-8-22(26(31)12-18)16-2-4-20(14-33)24(29)10-16/h1-12,34H. The van der Waals surface area contributed by atoms with Crippen molar-refractivity contribution in [1.29, 1.82) is 15.9 Å². The molecule has 0 aromatic heterocycles. The van der Waals surface area contributed by atoms with Crippen molar-refractivity contribution in [1.82, 2.24) is 0 Å². The van der Waals surface area contributed by atoms with E-state index in [9.17, 15) is 17.6 Å². The van der Waals surface area contributed by atoms with Crippen LogP contribution in [0, 0.1) is 51.3 Å². The molecule has 34 heavy (non-hydrogen) atoms. The second-order valence-electron chi connectivity index (χ2n) is 7.38. The molecule has 4 aromatic carbocycles. The first-order valence-corrected chi connectivity index (χ1v) is 9.91. The Morgan fingerprint density at radius 3 is 1.29 bits per heavy atom. The van der Waals surface area contributed by atoms with Crippen molar-refractivity contribution >= 4 is 5.71 Å². The Morgan fingerprint density at radius 2 is 0.971 bits per heavy atom. The molecule has 3 nitrogen and oxygen atoms in total. The van der Waals surface area contributed by atoms with Crippen molar-refractivity contribution in [3.05, 3.63) is 118 Å². The van der Waals surface area contributed by atoms with Crippen molar-refractivity contribution in [3.63, 3.8) is 0 Å². The average Bonchev–Trinajstić information content (AvgIpc) is 2.83. The van der Waals surface area contributed by atoms with Gasteiger partial charge in [-0.25, -0.2) is 17.6 Å². The van der Waals surface area contributed by atoms with Crippen LogP contribution in [-0.2, 0) is 0 Å². The topological polar surface area (TPSA) is 71.4 Å². The van der Waals surface area contributed by atoms with Gasteiger partial charge in [0.05, 0.1) is 16.8 Å². The Kier molecular flexibility index (Phi) is 5.95. The fourth-order valence-corrected chi connectivity index (χ4v) is 3.52. The van der Waals surface area contributed by atoms with Gasteiger partial charge in [-0.1, -0.05) is 36.4 Å². The number of nitrogens with zero attached hydrogens (tertiary/aromatic N) is 2. The molecule has 0 amide bonds. The zero-order valence-electron chi connectivity index (χ0n) is 17.3. The van der Waals surface area contributed by atoms with E-state index >= 15 is 0 Å². The maximum Gasteiger partial charge on any atom is 0.141 e. The third-order valence-electron chi connectivity index (χ3n) is 5.32. The van der Waals surface area contributed by atoms with Gasteiger partial charge in [-0.2, -0.15) is 10.5 Å². The summed E-state index contributed by atoms with van der Waals surface area (Å²) in [4.78, 5) is 0. The molecule has 4 rings (SSSR count). The predicted molar refractivity (Wildman–Crippen MR) is 119 cm³/mol. The van der Waals surface area contributed by atoms with Gasteiger partial charge in [-0.15, -0.1) is 0 Å². The van der Waals surface area contributed by atoms with Crippen molar-refractivity contribution in [2.24, 2.45) is 0 Å². The molecular weight excluding hydrogens is 442 g/mol. The van der Waals surface area contributed by atoms with E-state index in [0.717, 1.165) is 24.3 Å². The summed E-state index contributed by atoms with van der Waals surface area (Å²) in [5, 5.41) is 26.0. The number of nitriles is 2. The van der Waals surface area contributed by atoms with Gasteiger partial charge in [-0.05, 0) is 47.5 Å². The third kappa shape index (κ3) is 4.15. The van der Waals surface area contributed by atoms with Gasteiger partial charge in [0.15, 0.2) is 0 Å². The molecule has 0 fully saturated rings. The fourth-order valence-electron chi connectivity index (χ4n) is 3.52. The summed E-state index contributed by atoms with van der Waals surface area (Å²) < 4.78 is 57.3. The van der Waals surface area contributed by atoms with E-state index in [2.05, 4.69) is 0 Å². The number of hydrogen-bond donors (Lipinski definition) is 1. The van der Waals surface area contributed by atoms with Crippen LogP contribution in [0.15, 0.2) is 72.8 Å². The Hall–Kier alpha value is -4.75. The molecule has 0 unspecified atom stereocenters. The Balaban J connectivity index is 1.63. The molecular formula is C27H13F4N3. The van der Waals surface area contributed by atoms with E-state index < -0.39 is 23.3 Å². The smallest absolute Gasteiger partial charge is 0.141 e. The summed E-state index contributed by atoms with van der Waals surface area (Å²) in [5.74, 6) is -2.96. The molecule has 0 aliphatic carbocycles. The van der Waals surface area contributed by atoms with Crippen molar-refractivity contribution < 1.29 is 17.6 Å². The predicted octanol–water partition coefficient (Wildman–Crippen LogP) is 6.74. The van der Waals surface area contributed by atoms with Crippen molar-refractivity contribution in [3.8, 4) is 34.4 Å². The summed E-state index contributed by atoms with van der Waals surface area (Å²) in [7, 11) is 0. The fraction of sp³-hybridized carbons (Fsp3) is 0. The van der Waals surface area contributed by atoms with Crippen molar-refractivity contribution in [2.75, 3.05) is 0 Å². The molecule has 0 saturated heterocycles. The Labute approximate surface area is 192 Å². The first-order chi connectivity index (χ1) is 16.3. The highest BCUT2D eigenvalue weighted by Crippen LogP contribution is 2.28. The van der Waals surface area contributed by atoms with Crippen LogP contribution in [0.25, 0.3) is 22.3 Å². The van der Waals surface area contributed by atoms with E-state index in [4.69, 9.17) is 15.9 Å². The molecule has 1 N–H and O–H groups in total. The lowest BCUT2D eigenvalue weighted by atomic mass is 9.95. The van der Waals surface area contributed by atoms with Gasteiger partial charge in [0.1, 0.15) is 35.4 Å². The third-order valence-corrected chi connectivity index (χ3v) is 5.32. The lowest BCUT2D eigenvalue weighted by Crippen LogP contribution is -2.04. The normalized spacial score (nSPS) is 10.4. The van der Waals surface area contributed by atoms with Gasteiger partial charge >= 0.3 is 0 Å². The van der Waals surface area contributed by atoms with Crippen LogP contribution >= 0.6 is 0 Å². The van der Waals surface area contributed by atoms with Gasteiger partial charge in [-0.3, -0.25) is 5.41 Å². The van der Waals surface area contributed by atoms with Crippen LogP contribution in [0.2, 0.25) is 0 Å². The number of nitrogens with one attached hydrogen (secondary N) is 1. The van der Waals surface area contributed by atoms with Crippen molar-refractivity contribution in [2.45, 2.75) is 0 Å². The van der Waals surface area contributed by atoms with Crippen LogP contribution in [-0.4, -0.2) is 5.71 Å². The van der Waals surface area contributed by atoms with Crippen LogP contribution in [0.4, 0.5) is 17.6 Å². The molecule has 4 aromatic rings. The molecule has 0 heterocycles. The molecule has 0 aliphatic heterocycles. The number of benzene rings is 4. The Bertz CT molecular complexity index is 1430. The van der Waals surface area contributed by atoms with Gasteiger partial charge in [0.25, 0.3) is 0 Å². The Morgan fingerprint density at radius 1 is 0.559 bits per heavy atom. The molecule has 0 atom stereocenters. The second-order valence-corrected chi connectivity index (χ2v) is 7.38. The number of hydrogen-bond acceptors (Lipinski definition) is 3. The summed E-state index contributed by atoms with van der Waals surface area (Å²) >= 11 is 0. The van der Waals surface area contributed by atoms with E-state index in [-0.39, 0.29) is 50.2 Å². The average molecular weight is 455 g/mol. The van der Waals surface area contributed by atoms with Crippen LogP contribution in [0.1, 0.15) is 22.3 Å². The highest BCUT2D eigenvalue weighted by Gasteiger charge is 2.15. The summed E-state index contributed by atoms with van der Waals surface area (Å²) in [6, 6.07) is 18.7. The number of halogens is 4. The van der Waals surface area contributed by atoms with E-state index in [0.29, 0.717) is 0 Å². The molecule has 0 saturated carbocycles. The molecule has 0 spiro atoms. The lowest BCUT2D eigenvalue weighted by molar-refractivity contribution is 0.621. The minimum Gasteiger partial charge on any atom is -0.300 e. The van der Waals surface area contributed by atoms with E-state index in [1.165, 1.54) is 48.5 Å². The summed E-state index contributed by atoms with van der Waals surface area (Å²) in [5.41, 5.74) is 0.531. The second kappa shape index (κ2) is 9.01. The maximum atomic E-state index is 14.8. The van der Waals surface area contributed by atoms with E-state index in [1.54, 1.807) is 12.1 Å². The molecule has 164 valence electrons.